The molecule has 0 spiro atoms. The Hall–Kier alpha value is -0.510. The maximum Gasteiger partial charge on any atom is 0.126 e. The Kier molecular flexibility index (Phi) is 4.59. The summed E-state index contributed by atoms with van der Waals surface area (Å²) in [5.74, 6) is -0.397. The van der Waals surface area contributed by atoms with Gasteiger partial charge in [0.05, 0.1) is 15.7 Å². The predicted molar refractivity (Wildman–Crippen MR) is 79.9 cm³/mol. The summed E-state index contributed by atoms with van der Waals surface area (Å²) >= 11 is 12.3. The number of nitrogens with one attached hydrogen (secondary N) is 1. The first-order valence-corrected chi connectivity index (χ1v) is 7.41. The van der Waals surface area contributed by atoms with E-state index in [0.29, 0.717) is 10.0 Å². The van der Waals surface area contributed by atoms with Crippen molar-refractivity contribution >= 4 is 28.9 Å². The normalized spacial score (nSPS) is 18.7. The fourth-order valence-corrected chi connectivity index (χ4v) is 3.41. The summed E-state index contributed by atoms with van der Waals surface area (Å²) in [7, 11) is 0. The molecule has 1 aliphatic heterocycles. The van der Waals surface area contributed by atoms with Crippen molar-refractivity contribution in [3.63, 3.8) is 0 Å². The zero-order chi connectivity index (χ0) is 14.0. The summed E-state index contributed by atoms with van der Waals surface area (Å²) in [6, 6.07) is 2.65. The van der Waals surface area contributed by atoms with Crippen molar-refractivity contribution in [3.8, 4) is 0 Å². The molecule has 5 heteroatoms. The molecule has 1 aliphatic rings. The Morgan fingerprint density at radius 1 is 1.26 bits per heavy atom. The van der Waals surface area contributed by atoms with Crippen molar-refractivity contribution in [3.05, 3.63) is 28.0 Å². The number of nitrogens with zero attached hydrogens (tertiary/aromatic N) is 1. The minimum absolute atomic E-state index is 0.0826. The van der Waals surface area contributed by atoms with Gasteiger partial charge in [0.1, 0.15) is 5.82 Å². The monoisotopic (exact) mass is 304 g/mol. The zero-order valence-corrected chi connectivity index (χ0v) is 12.8. The van der Waals surface area contributed by atoms with Crippen LogP contribution in [0.2, 0.25) is 10.0 Å². The molecule has 0 aromatic heterocycles. The average molecular weight is 305 g/mol. The number of halogens is 3. The van der Waals surface area contributed by atoms with Gasteiger partial charge in [0.25, 0.3) is 0 Å². The number of piperazine rings is 1. The second-order valence-electron chi connectivity index (χ2n) is 5.05. The van der Waals surface area contributed by atoms with E-state index in [2.05, 4.69) is 24.1 Å². The maximum atomic E-state index is 13.3. The second-order valence-corrected chi connectivity index (χ2v) is 5.87. The molecule has 1 aromatic rings. The molecule has 0 radical (unpaired) electrons. The van der Waals surface area contributed by atoms with E-state index in [1.165, 1.54) is 12.1 Å². The molecule has 0 amide bonds. The average Bonchev–Trinajstić information content (AvgIpc) is 2.37. The van der Waals surface area contributed by atoms with Crippen LogP contribution < -0.4 is 10.2 Å². The molecule has 1 saturated heterocycles. The SMILES string of the molecule is CCC1(CC)CN(c2c(Cl)cc(F)cc2Cl)CCN1. The Balaban J connectivity index is 2.32. The van der Waals surface area contributed by atoms with E-state index in [0.717, 1.165) is 38.2 Å². The molecule has 0 unspecified atom stereocenters. The highest BCUT2D eigenvalue weighted by Crippen LogP contribution is 2.36. The molecule has 0 atom stereocenters. The quantitative estimate of drug-likeness (QED) is 0.904. The first-order chi connectivity index (χ1) is 9.01. The lowest BCUT2D eigenvalue weighted by atomic mass is 9.90. The molecule has 19 heavy (non-hydrogen) atoms. The lowest BCUT2D eigenvalue weighted by molar-refractivity contribution is 0.277. The molecule has 1 fully saturated rings. The summed E-state index contributed by atoms with van der Waals surface area (Å²) in [6.07, 6.45) is 2.08. The molecule has 106 valence electrons. The van der Waals surface area contributed by atoms with Gasteiger partial charge in [-0.2, -0.15) is 0 Å². The first kappa shape index (κ1) is 14.9. The molecular weight excluding hydrogens is 286 g/mol. The highest BCUT2D eigenvalue weighted by Gasteiger charge is 2.33. The summed E-state index contributed by atoms with van der Waals surface area (Å²) < 4.78 is 13.3. The Morgan fingerprint density at radius 3 is 2.37 bits per heavy atom. The molecule has 1 heterocycles. The molecule has 2 nitrogen and oxygen atoms in total. The van der Waals surface area contributed by atoms with Gasteiger partial charge in [-0.05, 0) is 25.0 Å². The fourth-order valence-electron chi connectivity index (χ4n) is 2.71. The third kappa shape index (κ3) is 2.99. The van der Waals surface area contributed by atoms with Gasteiger partial charge >= 0.3 is 0 Å². The molecule has 0 aliphatic carbocycles. The van der Waals surface area contributed by atoms with Gasteiger partial charge in [-0.15, -0.1) is 0 Å². The van der Waals surface area contributed by atoms with E-state index in [1.807, 2.05) is 0 Å². The largest absolute Gasteiger partial charge is 0.366 e. The standard InChI is InChI=1S/C14H19Cl2FN2/c1-3-14(4-2)9-19(6-5-18-14)13-11(15)7-10(17)8-12(13)16/h7-8,18H,3-6,9H2,1-2H3. The lowest BCUT2D eigenvalue weighted by Gasteiger charge is -2.44. The van der Waals surface area contributed by atoms with Crippen molar-refractivity contribution in [1.82, 2.24) is 5.32 Å². The van der Waals surface area contributed by atoms with Crippen LogP contribution in [0.3, 0.4) is 0 Å². The summed E-state index contributed by atoms with van der Waals surface area (Å²) in [6.45, 7) is 6.89. The summed E-state index contributed by atoms with van der Waals surface area (Å²) in [5, 5.41) is 4.34. The highest BCUT2D eigenvalue weighted by atomic mass is 35.5. The van der Waals surface area contributed by atoms with Crippen molar-refractivity contribution in [2.24, 2.45) is 0 Å². The second kappa shape index (κ2) is 5.86. The van der Waals surface area contributed by atoms with Gasteiger partial charge in [0.2, 0.25) is 0 Å². The molecule has 1 aromatic carbocycles. The minimum Gasteiger partial charge on any atom is -0.366 e. The third-order valence-corrected chi connectivity index (χ3v) is 4.60. The topological polar surface area (TPSA) is 15.3 Å². The number of rotatable bonds is 3. The van der Waals surface area contributed by atoms with Crippen LogP contribution >= 0.6 is 23.2 Å². The van der Waals surface area contributed by atoms with Crippen LogP contribution in [0.4, 0.5) is 10.1 Å². The van der Waals surface area contributed by atoms with Crippen LogP contribution in [0.15, 0.2) is 12.1 Å². The van der Waals surface area contributed by atoms with E-state index in [9.17, 15) is 4.39 Å². The van der Waals surface area contributed by atoms with Gasteiger partial charge < -0.3 is 10.2 Å². The Morgan fingerprint density at radius 2 is 1.84 bits per heavy atom. The zero-order valence-electron chi connectivity index (χ0n) is 11.3. The summed E-state index contributed by atoms with van der Waals surface area (Å²) in [5.41, 5.74) is 0.830. The fraction of sp³-hybridized carbons (Fsp3) is 0.571. The molecular formula is C14H19Cl2FN2. The summed E-state index contributed by atoms with van der Waals surface area (Å²) in [4.78, 5) is 2.16. The number of hydrogen-bond donors (Lipinski definition) is 1. The van der Waals surface area contributed by atoms with Gasteiger partial charge in [0, 0.05) is 25.2 Å². The van der Waals surface area contributed by atoms with E-state index >= 15 is 0 Å². The van der Waals surface area contributed by atoms with Crippen LogP contribution in [0.25, 0.3) is 0 Å². The smallest absolute Gasteiger partial charge is 0.126 e. The number of hydrogen-bond acceptors (Lipinski definition) is 2. The van der Waals surface area contributed by atoms with Crippen molar-refractivity contribution in [2.75, 3.05) is 24.5 Å². The van der Waals surface area contributed by atoms with Crippen LogP contribution in [0.5, 0.6) is 0 Å². The molecule has 2 rings (SSSR count). The lowest BCUT2D eigenvalue weighted by Crippen LogP contribution is -2.60. The van der Waals surface area contributed by atoms with Gasteiger partial charge in [-0.3, -0.25) is 0 Å². The molecule has 0 bridgehead atoms. The van der Waals surface area contributed by atoms with Crippen molar-refractivity contribution < 1.29 is 4.39 Å². The van der Waals surface area contributed by atoms with E-state index in [-0.39, 0.29) is 5.54 Å². The predicted octanol–water partition coefficient (Wildman–Crippen LogP) is 4.10. The van der Waals surface area contributed by atoms with E-state index in [4.69, 9.17) is 23.2 Å². The van der Waals surface area contributed by atoms with Gasteiger partial charge in [-0.1, -0.05) is 37.0 Å². The minimum atomic E-state index is -0.397. The van der Waals surface area contributed by atoms with Crippen LogP contribution in [0, 0.1) is 5.82 Å². The third-order valence-electron chi connectivity index (χ3n) is 4.03. The molecule has 0 saturated carbocycles. The van der Waals surface area contributed by atoms with Crippen LogP contribution in [0.1, 0.15) is 26.7 Å². The van der Waals surface area contributed by atoms with E-state index in [1.54, 1.807) is 0 Å². The van der Waals surface area contributed by atoms with Crippen molar-refractivity contribution in [2.45, 2.75) is 32.2 Å². The Labute approximate surface area is 123 Å². The van der Waals surface area contributed by atoms with Crippen LogP contribution in [-0.2, 0) is 0 Å². The van der Waals surface area contributed by atoms with Crippen LogP contribution in [-0.4, -0.2) is 25.2 Å². The van der Waals surface area contributed by atoms with E-state index < -0.39 is 5.82 Å². The highest BCUT2D eigenvalue weighted by molar-refractivity contribution is 6.39. The molecule has 1 N–H and O–H groups in total. The van der Waals surface area contributed by atoms with Crippen molar-refractivity contribution in [1.29, 1.82) is 0 Å². The number of benzene rings is 1. The van der Waals surface area contributed by atoms with Gasteiger partial charge in [-0.25, -0.2) is 4.39 Å². The Bertz CT molecular complexity index is 438. The first-order valence-electron chi connectivity index (χ1n) is 6.66. The number of anilines is 1. The van der Waals surface area contributed by atoms with Gasteiger partial charge in [0.15, 0.2) is 0 Å². The maximum absolute atomic E-state index is 13.3.